The molecule has 0 saturated heterocycles. The number of hydrogen-bond donors (Lipinski definition) is 0. The maximum atomic E-state index is 7.25. The molecular weight excluding hydrogens is 1340 g/mol. The van der Waals surface area contributed by atoms with Crippen LogP contribution >= 0.6 is 54.5 Å². The molecule has 0 aliphatic carbocycles. The van der Waals surface area contributed by atoms with Crippen LogP contribution in [0.2, 0.25) is 0 Å². The van der Waals surface area contributed by atoms with Crippen molar-refractivity contribution in [1.29, 1.82) is 0 Å². The largest absolute Gasteiger partial charge is 0.577 e. The summed E-state index contributed by atoms with van der Waals surface area (Å²) in [4.78, 5) is 14.5. The fourth-order valence-electron chi connectivity index (χ4n) is 10.5. The van der Waals surface area contributed by atoms with Crippen LogP contribution in [0.1, 0.15) is 229 Å². The zero-order valence-electron chi connectivity index (χ0n) is 50.8. The van der Waals surface area contributed by atoms with Gasteiger partial charge in [0.15, 0.2) is 0 Å². The molecule has 0 bridgehead atoms. The second-order valence-corrected chi connectivity index (χ2v) is 41.5. The summed E-state index contributed by atoms with van der Waals surface area (Å²) in [6.07, 6.45) is 39.0. The van der Waals surface area contributed by atoms with E-state index in [1.807, 2.05) is 0 Å². The zero-order valence-corrected chi connectivity index (χ0v) is 58.9. The van der Waals surface area contributed by atoms with Gasteiger partial charge in [0.05, 0.1) is 0 Å². The molecule has 0 saturated carbocycles. The summed E-state index contributed by atoms with van der Waals surface area (Å²) in [6.45, 7) is 13.8. The van der Waals surface area contributed by atoms with Crippen molar-refractivity contribution in [3.63, 3.8) is 0 Å². The summed E-state index contributed by atoms with van der Waals surface area (Å²) in [5.41, 5.74) is 20.5. The average molecular weight is 1440 g/mol. The van der Waals surface area contributed by atoms with Crippen molar-refractivity contribution in [2.45, 2.75) is 234 Å². The van der Waals surface area contributed by atoms with Crippen LogP contribution < -0.4 is 31.8 Å². The third-order valence-corrected chi connectivity index (χ3v) is 19.7. The number of hydrogen-bond acceptors (Lipinski definition) is 2. The minimum Gasteiger partial charge on any atom is -0.577 e. The van der Waals surface area contributed by atoms with Gasteiger partial charge in [0.2, 0.25) is 0 Å². The Morgan fingerprint density at radius 1 is 0.272 bits per heavy atom. The molecule has 0 N–H and O–H groups in total. The van der Waals surface area contributed by atoms with E-state index < -0.39 is 15.8 Å². The molecule has 0 aromatic heterocycles. The van der Waals surface area contributed by atoms with E-state index >= 15 is 0 Å². The van der Waals surface area contributed by atoms with Crippen molar-refractivity contribution in [2.75, 3.05) is 0 Å². The Balaban J connectivity index is 0.000000498. The maximum absolute atomic E-state index is 7.25. The summed E-state index contributed by atoms with van der Waals surface area (Å²) in [6, 6.07) is 57.4. The Labute approximate surface area is 526 Å². The smallest absolute Gasteiger partial charge is 0.423 e. The SMILES string of the molecule is CCCCCCc1cccc(P(c2cccc(CCCCCC)c2)c2cccc(CCCCCC)c2)c1.CCCCCCc1cccc(P(c2cccc(CCCCCC)c2)c2cccc(CCCCCC)c2)c1.[I][Mo][I].[N-]=O.[N-]=O. The number of nitrogens with zero attached hydrogens (tertiary/aromatic N) is 2. The van der Waals surface area contributed by atoms with Crippen LogP contribution in [0.3, 0.4) is 0 Å². The molecule has 444 valence electrons. The molecule has 81 heavy (non-hydrogen) atoms. The van der Waals surface area contributed by atoms with E-state index in [0.717, 1.165) is 0 Å². The van der Waals surface area contributed by atoms with Gasteiger partial charge in [-0.3, -0.25) is 0 Å². The van der Waals surface area contributed by atoms with E-state index in [1.165, 1.54) is 258 Å². The van der Waals surface area contributed by atoms with Gasteiger partial charge in [-0.1, -0.05) is 303 Å². The summed E-state index contributed by atoms with van der Waals surface area (Å²) < 4.78 is 0. The van der Waals surface area contributed by atoms with Crippen molar-refractivity contribution < 1.29 is 11.2 Å². The molecule has 0 atom stereocenters. The van der Waals surface area contributed by atoms with E-state index in [2.05, 4.69) is 226 Å². The van der Waals surface area contributed by atoms with Crippen molar-refractivity contribution in [2.24, 2.45) is 0 Å². The molecule has 0 amide bonds. The number of rotatable bonds is 36. The number of benzene rings is 6. The van der Waals surface area contributed by atoms with Gasteiger partial charge in [-0.15, -0.1) is 0 Å². The second-order valence-electron chi connectivity index (χ2n) is 21.6. The second kappa shape index (κ2) is 50.8. The molecule has 0 fully saturated rings. The molecule has 0 heterocycles. The molecule has 6 rings (SSSR count). The third-order valence-electron chi connectivity index (χ3n) is 14.9. The Morgan fingerprint density at radius 2 is 0.420 bits per heavy atom. The van der Waals surface area contributed by atoms with Crippen molar-refractivity contribution in [3.05, 3.63) is 200 Å². The Morgan fingerprint density at radius 3 is 0.556 bits per heavy atom. The standard InChI is InChI=1S/2C36H51P.2HI.Mo.2NO/c2*1-4-7-10-13-19-31-22-16-25-34(28-31)37(35-26-17-23-32(29-35)20-14-11-8-5-2)36-27-18-24-33(30-36)21-15-12-9-6-3;;;;2*1-2/h2*16-18,22-30H,4-15,19-21H2,1-3H3;2*1H;;;/q;;;;+2;2*-1/p-2. The van der Waals surface area contributed by atoms with Crippen LogP contribution in [-0.2, 0) is 49.7 Å². The molecule has 0 unspecified atom stereocenters. The van der Waals surface area contributed by atoms with Gasteiger partial charge < -0.3 is 21.0 Å². The first-order chi connectivity index (χ1) is 39.9. The minimum atomic E-state index is -0.560. The van der Waals surface area contributed by atoms with E-state index in [-0.39, 0.29) is 0 Å². The van der Waals surface area contributed by atoms with Crippen LogP contribution in [-0.4, -0.2) is 0 Å². The summed E-state index contributed by atoms with van der Waals surface area (Å²) >= 11 is 5.22. The van der Waals surface area contributed by atoms with Crippen LogP contribution in [0.5, 0.6) is 0 Å². The predicted molar refractivity (Wildman–Crippen MR) is 379 cm³/mol. The number of nitroso groups, excluding NO2 is 2. The van der Waals surface area contributed by atoms with Gasteiger partial charge in [-0.25, -0.2) is 0 Å². The van der Waals surface area contributed by atoms with Crippen LogP contribution in [0.4, 0.5) is 0 Å². The quantitative estimate of drug-likeness (QED) is 0.0170. The fraction of sp³-hybridized carbons (Fsp3) is 0.500. The van der Waals surface area contributed by atoms with Crippen LogP contribution in [0.15, 0.2) is 146 Å². The fourth-order valence-corrected chi connectivity index (χ4v) is 15.5. The summed E-state index contributed by atoms with van der Waals surface area (Å²) in [5, 5.41) is 9.05. The first kappa shape index (κ1) is 74.6. The average Bonchev–Trinajstić information content (AvgIpc) is 3.50. The van der Waals surface area contributed by atoms with Crippen molar-refractivity contribution >= 4 is 86.4 Å². The topological polar surface area (TPSA) is 78.7 Å². The number of halogens is 2. The van der Waals surface area contributed by atoms with Gasteiger partial charge in [0, 0.05) is 0 Å². The third kappa shape index (κ3) is 32.0. The van der Waals surface area contributed by atoms with Gasteiger partial charge >= 0.3 is 49.9 Å². The van der Waals surface area contributed by atoms with Gasteiger partial charge in [0.1, 0.15) is 0 Å². The van der Waals surface area contributed by atoms with E-state index in [1.54, 1.807) is 0 Å². The molecule has 6 aromatic carbocycles. The molecule has 0 aliphatic heterocycles. The Hall–Kier alpha value is -2.47. The molecular formula is C72H102I2MoN2O2P2-2. The minimum absolute atomic E-state index is 0.410. The maximum Gasteiger partial charge on any atom is -0.423 e. The van der Waals surface area contributed by atoms with Gasteiger partial charge in [0.25, 0.3) is 0 Å². The Kier molecular flexibility index (Phi) is 46.8. The molecule has 4 nitrogen and oxygen atoms in total. The van der Waals surface area contributed by atoms with Gasteiger partial charge in [-0.05, 0) is 158 Å². The monoisotopic (exact) mass is 1440 g/mol. The molecule has 9 heteroatoms. The predicted octanol–water partition coefficient (Wildman–Crippen LogP) is 22.0. The first-order valence-electron chi connectivity index (χ1n) is 31.3. The van der Waals surface area contributed by atoms with Crippen molar-refractivity contribution in [1.82, 2.24) is 0 Å². The summed E-state index contributed by atoms with van der Waals surface area (Å²) in [7, 11) is -1.12. The molecule has 6 aromatic rings. The number of aryl methyl sites for hydroxylation is 6. The molecule has 0 radical (unpaired) electrons. The normalized spacial score (nSPS) is 10.7. The van der Waals surface area contributed by atoms with E-state index in [9.17, 15) is 0 Å². The molecule has 0 aliphatic rings. The van der Waals surface area contributed by atoms with E-state index in [0.29, 0.717) is 11.2 Å². The molecule has 0 spiro atoms. The van der Waals surface area contributed by atoms with Crippen LogP contribution in [0.25, 0.3) is 11.2 Å². The number of unbranched alkanes of at least 4 members (excludes halogenated alkanes) is 18. The Bertz CT molecular complexity index is 2040. The van der Waals surface area contributed by atoms with Gasteiger partial charge in [-0.2, -0.15) is 0 Å². The first-order valence-corrected chi connectivity index (χ1v) is 45.9. The summed E-state index contributed by atoms with van der Waals surface area (Å²) in [5.74, 6) is 0. The van der Waals surface area contributed by atoms with Crippen molar-refractivity contribution in [3.8, 4) is 0 Å². The van der Waals surface area contributed by atoms with Crippen LogP contribution in [0, 0.1) is 9.81 Å². The zero-order chi connectivity index (χ0) is 59.0. The van der Waals surface area contributed by atoms with E-state index in [4.69, 9.17) is 21.0 Å².